The molecule has 0 saturated carbocycles. The fourth-order valence-corrected chi connectivity index (χ4v) is 4.09. The second-order valence-corrected chi connectivity index (χ2v) is 7.50. The van der Waals surface area contributed by atoms with Gasteiger partial charge in [0.25, 0.3) is 10.0 Å². The van der Waals surface area contributed by atoms with E-state index in [9.17, 15) is 21.6 Å². The SMILES string of the molecule is Cn1nncc1S(=O)(=O)N1CC=C(c2cccc(OC(F)(F)F)c2)CC1. The van der Waals surface area contributed by atoms with E-state index >= 15 is 0 Å². The first-order valence-corrected chi connectivity index (χ1v) is 9.01. The van der Waals surface area contributed by atoms with Crippen LogP contribution in [0.1, 0.15) is 12.0 Å². The molecular formula is C15H15F3N4O3S. The molecule has 0 saturated heterocycles. The van der Waals surface area contributed by atoms with Crippen molar-refractivity contribution in [2.75, 3.05) is 13.1 Å². The molecule has 26 heavy (non-hydrogen) atoms. The van der Waals surface area contributed by atoms with Gasteiger partial charge in [0.1, 0.15) is 5.75 Å². The lowest BCUT2D eigenvalue weighted by atomic mass is 10.0. The van der Waals surface area contributed by atoms with E-state index in [2.05, 4.69) is 15.0 Å². The van der Waals surface area contributed by atoms with Crippen LogP contribution in [0.5, 0.6) is 5.75 Å². The van der Waals surface area contributed by atoms with E-state index in [0.29, 0.717) is 12.0 Å². The topological polar surface area (TPSA) is 77.3 Å². The zero-order chi connectivity index (χ0) is 18.9. The van der Waals surface area contributed by atoms with Gasteiger partial charge in [0.15, 0.2) is 5.03 Å². The Morgan fingerprint density at radius 2 is 2.04 bits per heavy atom. The number of rotatable bonds is 4. The average molecular weight is 388 g/mol. The standard InChI is InChI=1S/C15H15F3N4O3S/c1-21-14(10-19-20-21)26(23,24)22-7-5-11(6-8-22)12-3-2-4-13(9-12)25-15(16,17)18/h2-5,9-10H,6-8H2,1H3. The van der Waals surface area contributed by atoms with Gasteiger partial charge in [-0.05, 0) is 29.7 Å². The maximum absolute atomic E-state index is 12.6. The van der Waals surface area contributed by atoms with E-state index in [-0.39, 0.29) is 23.9 Å². The van der Waals surface area contributed by atoms with E-state index < -0.39 is 16.4 Å². The Morgan fingerprint density at radius 3 is 2.62 bits per heavy atom. The number of aromatic nitrogens is 3. The largest absolute Gasteiger partial charge is 0.573 e. The molecule has 7 nitrogen and oxygen atoms in total. The summed E-state index contributed by atoms with van der Waals surface area (Å²) in [5.74, 6) is -0.313. The number of ether oxygens (including phenoxy) is 1. The fraction of sp³-hybridized carbons (Fsp3) is 0.333. The summed E-state index contributed by atoms with van der Waals surface area (Å²) in [5.41, 5.74) is 1.32. The molecule has 0 fully saturated rings. The smallest absolute Gasteiger partial charge is 0.406 e. The summed E-state index contributed by atoms with van der Waals surface area (Å²) in [6.45, 7) is 0.302. The number of sulfonamides is 1. The minimum absolute atomic E-state index is 0.0186. The third kappa shape index (κ3) is 3.88. The van der Waals surface area contributed by atoms with Crippen LogP contribution in [0.3, 0.4) is 0 Å². The molecule has 1 aliphatic rings. The highest BCUT2D eigenvalue weighted by Crippen LogP contribution is 2.29. The van der Waals surface area contributed by atoms with Crippen molar-refractivity contribution in [2.24, 2.45) is 7.05 Å². The second-order valence-electron chi connectivity index (χ2n) is 5.61. The molecule has 0 unspecified atom stereocenters. The third-order valence-corrected chi connectivity index (χ3v) is 5.80. The van der Waals surface area contributed by atoms with Crippen molar-refractivity contribution in [3.63, 3.8) is 0 Å². The zero-order valence-corrected chi connectivity index (χ0v) is 14.5. The molecule has 3 rings (SSSR count). The van der Waals surface area contributed by atoms with Crippen LogP contribution in [0.2, 0.25) is 0 Å². The van der Waals surface area contributed by atoms with Gasteiger partial charge in [0.2, 0.25) is 0 Å². The van der Waals surface area contributed by atoms with Gasteiger partial charge >= 0.3 is 6.36 Å². The van der Waals surface area contributed by atoms with Crippen molar-refractivity contribution >= 4 is 15.6 Å². The molecule has 0 atom stereocenters. The summed E-state index contributed by atoms with van der Waals surface area (Å²) in [6.07, 6.45) is -1.55. The molecule has 0 amide bonds. The van der Waals surface area contributed by atoms with E-state index in [0.717, 1.165) is 5.57 Å². The molecule has 0 spiro atoms. The predicted octanol–water partition coefficient (Wildman–Crippen LogP) is 2.19. The molecule has 0 radical (unpaired) electrons. The minimum Gasteiger partial charge on any atom is -0.406 e. The van der Waals surface area contributed by atoms with Gasteiger partial charge in [-0.3, -0.25) is 0 Å². The summed E-state index contributed by atoms with van der Waals surface area (Å²) in [4.78, 5) is 0. The number of halogens is 3. The van der Waals surface area contributed by atoms with Crippen molar-refractivity contribution in [1.29, 1.82) is 0 Å². The molecule has 0 bridgehead atoms. The van der Waals surface area contributed by atoms with Crippen LogP contribution >= 0.6 is 0 Å². The van der Waals surface area contributed by atoms with Crippen molar-refractivity contribution in [3.8, 4) is 5.75 Å². The quantitative estimate of drug-likeness (QED) is 0.803. The molecule has 11 heteroatoms. The van der Waals surface area contributed by atoms with Crippen LogP contribution in [0, 0.1) is 0 Å². The van der Waals surface area contributed by atoms with Crippen LogP contribution in [-0.2, 0) is 17.1 Å². The zero-order valence-electron chi connectivity index (χ0n) is 13.6. The van der Waals surface area contributed by atoms with Crippen molar-refractivity contribution < 1.29 is 26.3 Å². The minimum atomic E-state index is -4.76. The molecule has 140 valence electrons. The van der Waals surface area contributed by atoms with Crippen molar-refractivity contribution in [3.05, 3.63) is 42.1 Å². The number of alkyl halides is 3. The average Bonchev–Trinajstić information content (AvgIpc) is 3.00. The lowest BCUT2D eigenvalue weighted by Crippen LogP contribution is -2.35. The molecular weight excluding hydrogens is 373 g/mol. The highest BCUT2D eigenvalue weighted by molar-refractivity contribution is 7.89. The first-order valence-electron chi connectivity index (χ1n) is 7.57. The van der Waals surface area contributed by atoms with Crippen molar-refractivity contribution in [2.45, 2.75) is 17.8 Å². The van der Waals surface area contributed by atoms with Crippen LogP contribution in [-0.4, -0.2) is 47.2 Å². The fourth-order valence-electron chi connectivity index (χ4n) is 2.67. The highest BCUT2D eigenvalue weighted by Gasteiger charge is 2.32. The number of nitrogens with zero attached hydrogens (tertiary/aromatic N) is 4. The number of benzene rings is 1. The lowest BCUT2D eigenvalue weighted by molar-refractivity contribution is -0.274. The van der Waals surface area contributed by atoms with Crippen LogP contribution in [0.15, 0.2) is 41.6 Å². The Kier molecular flexibility index (Phi) is 4.76. The third-order valence-electron chi connectivity index (χ3n) is 3.89. The predicted molar refractivity (Wildman–Crippen MR) is 85.5 cm³/mol. The van der Waals surface area contributed by atoms with Crippen molar-refractivity contribution in [1.82, 2.24) is 19.3 Å². The van der Waals surface area contributed by atoms with E-state index in [1.54, 1.807) is 12.1 Å². The van der Waals surface area contributed by atoms with E-state index in [1.165, 1.54) is 40.4 Å². The molecule has 1 aliphatic heterocycles. The molecule has 2 heterocycles. The van der Waals surface area contributed by atoms with E-state index in [1.807, 2.05) is 0 Å². The summed E-state index contributed by atoms with van der Waals surface area (Å²) < 4.78 is 68.5. The maximum Gasteiger partial charge on any atom is 0.573 e. The normalized spacial score (nSPS) is 16.4. The Hall–Kier alpha value is -2.40. The summed E-state index contributed by atoms with van der Waals surface area (Å²) >= 11 is 0. The summed E-state index contributed by atoms with van der Waals surface area (Å²) in [6, 6.07) is 5.62. The maximum atomic E-state index is 12.6. The van der Waals surface area contributed by atoms with Gasteiger partial charge in [-0.2, -0.15) is 4.31 Å². The Balaban J connectivity index is 1.78. The van der Waals surface area contributed by atoms with E-state index in [4.69, 9.17) is 0 Å². The van der Waals surface area contributed by atoms with Crippen LogP contribution in [0.25, 0.3) is 5.57 Å². The number of aryl methyl sites for hydroxylation is 1. The van der Waals surface area contributed by atoms with Gasteiger partial charge in [-0.25, -0.2) is 13.1 Å². The Bertz CT molecular complexity index is 938. The molecule has 1 aromatic carbocycles. The van der Waals surface area contributed by atoms with Crippen LogP contribution < -0.4 is 4.74 Å². The molecule has 2 aromatic rings. The van der Waals surface area contributed by atoms with Gasteiger partial charge in [-0.1, -0.05) is 23.4 Å². The second kappa shape index (κ2) is 6.72. The molecule has 1 aromatic heterocycles. The van der Waals surface area contributed by atoms with Crippen LogP contribution in [0.4, 0.5) is 13.2 Å². The Labute approximate surface area is 147 Å². The highest BCUT2D eigenvalue weighted by atomic mass is 32.2. The Morgan fingerprint density at radius 1 is 1.27 bits per heavy atom. The van der Waals surface area contributed by atoms with Gasteiger partial charge < -0.3 is 4.74 Å². The number of hydrogen-bond acceptors (Lipinski definition) is 5. The van der Waals surface area contributed by atoms with Gasteiger partial charge in [0, 0.05) is 20.1 Å². The summed E-state index contributed by atoms with van der Waals surface area (Å²) in [7, 11) is -2.25. The lowest BCUT2D eigenvalue weighted by Gasteiger charge is -2.25. The molecule has 0 aliphatic carbocycles. The summed E-state index contributed by atoms with van der Waals surface area (Å²) in [5, 5.41) is 7.17. The number of hydrogen-bond donors (Lipinski definition) is 0. The first kappa shape index (κ1) is 18.4. The first-order chi connectivity index (χ1) is 12.2. The van der Waals surface area contributed by atoms with Gasteiger partial charge in [0.05, 0.1) is 6.20 Å². The molecule has 0 N–H and O–H groups in total. The monoisotopic (exact) mass is 388 g/mol. The van der Waals surface area contributed by atoms with Gasteiger partial charge in [-0.15, -0.1) is 18.3 Å².